The van der Waals surface area contributed by atoms with Crippen LogP contribution in [-0.2, 0) is 13.1 Å². The second-order valence-electron chi connectivity index (χ2n) is 8.57. The average Bonchev–Trinajstić information content (AvgIpc) is 3.16. The first kappa shape index (κ1) is 18.7. The summed E-state index contributed by atoms with van der Waals surface area (Å²) in [5, 5.41) is 4.60. The molecule has 3 heterocycles. The lowest BCUT2D eigenvalue weighted by atomic mass is 9.83. The van der Waals surface area contributed by atoms with E-state index in [4.69, 9.17) is 0 Å². The average molecular weight is 345 g/mol. The van der Waals surface area contributed by atoms with Crippen LogP contribution < -0.4 is 0 Å². The van der Waals surface area contributed by atoms with Crippen LogP contribution >= 0.6 is 0 Å². The summed E-state index contributed by atoms with van der Waals surface area (Å²) in [6, 6.07) is 0. The Kier molecular flexibility index (Phi) is 6.34. The van der Waals surface area contributed by atoms with E-state index in [1.54, 1.807) is 0 Å². The second-order valence-corrected chi connectivity index (χ2v) is 8.57. The summed E-state index contributed by atoms with van der Waals surface area (Å²) >= 11 is 0. The van der Waals surface area contributed by atoms with Crippen molar-refractivity contribution in [3.63, 3.8) is 0 Å². The van der Waals surface area contributed by atoms with Gasteiger partial charge in [-0.15, -0.1) is 6.58 Å². The SMILES string of the molecule is C=CCn1cc(CN2CCC(C3CCN(CC(C)C)CC3)C2)c(C)n1. The summed E-state index contributed by atoms with van der Waals surface area (Å²) in [6.07, 6.45) is 8.31. The Morgan fingerprint density at radius 1 is 1.16 bits per heavy atom. The van der Waals surface area contributed by atoms with Gasteiger partial charge in [0.05, 0.1) is 12.2 Å². The Labute approximate surface area is 153 Å². The van der Waals surface area contributed by atoms with E-state index in [-0.39, 0.29) is 0 Å². The minimum absolute atomic E-state index is 0.795. The van der Waals surface area contributed by atoms with E-state index in [0.717, 1.165) is 30.8 Å². The van der Waals surface area contributed by atoms with E-state index in [0.29, 0.717) is 0 Å². The highest BCUT2D eigenvalue weighted by atomic mass is 15.3. The van der Waals surface area contributed by atoms with Crippen molar-refractivity contribution in [1.82, 2.24) is 19.6 Å². The van der Waals surface area contributed by atoms with E-state index in [9.17, 15) is 0 Å². The third kappa shape index (κ3) is 4.95. The van der Waals surface area contributed by atoms with Gasteiger partial charge in [-0.25, -0.2) is 0 Å². The predicted molar refractivity (Wildman–Crippen MR) is 105 cm³/mol. The molecule has 4 heteroatoms. The second kappa shape index (κ2) is 8.50. The number of aromatic nitrogens is 2. The fourth-order valence-electron chi connectivity index (χ4n) is 4.70. The molecule has 0 saturated carbocycles. The van der Waals surface area contributed by atoms with Crippen LogP contribution in [-0.4, -0.2) is 52.3 Å². The van der Waals surface area contributed by atoms with Gasteiger partial charge in [0.15, 0.2) is 0 Å². The Bertz CT molecular complexity index is 554. The van der Waals surface area contributed by atoms with Crippen molar-refractivity contribution >= 4 is 0 Å². The van der Waals surface area contributed by atoms with Crippen LogP contribution in [0.4, 0.5) is 0 Å². The van der Waals surface area contributed by atoms with Crippen molar-refractivity contribution < 1.29 is 0 Å². The number of rotatable bonds is 7. The van der Waals surface area contributed by atoms with Crippen LogP contribution in [0.15, 0.2) is 18.9 Å². The zero-order valence-corrected chi connectivity index (χ0v) is 16.5. The Morgan fingerprint density at radius 2 is 1.84 bits per heavy atom. The molecule has 0 bridgehead atoms. The smallest absolute Gasteiger partial charge is 0.0638 e. The van der Waals surface area contributed by atoms with Crippen LogP contribution in [0.3, 0.4) is 0 Å². The number of hydrogen-bond donors (Lipinski definition) is 0. The van der Waals surface area contributed by atoms with Crippen molar-refractivity contribution in [2.75, 3.05) is 32.7 Å². The van der Waals surface area contributed by atoms with E-state index < -0.39 is 0 Å². The van der Waals surface area contributed by atoms with E-state index in [2.05, 4.69) is 48.4 Å². The maximum atomic E-state index is 4.60. The van der Waals surface area contributed by atoms with Gasteiger partial charge in [-0.1, -0.05) is 19.9 Å². The molecule has 1 unspecified atom stereocenters. The number of hydrogen-bond acceptors (Lipinski definition) is 3. The number of piperidine rings is 1. The minimum atomic E-state index is 0.795. The van der Waals surface area contributed by atoms with Gasteiger partial charge in [-0.3, -0.25) is 9.58 Å². The van der Waals surface area contributed by atoms with Gasteiger partial charge in [0, 0.05) is 31.4 Å². The molecule has 2 aliphatic rings. The van der Waals surface area contributed by atoms with E-state index in [1.165, 1.54) is 63.2 Å². The summed E-state index contributed by atoms with van der Waals surface area (Å²) < 4.78 is 2.01. The van der Waals surface area contributed by atoms with Crippen LogP contribution in [0.25, 0.3) is 0 Å². The summed E-state index contributed by atoms with van der Waals surface area (Å²) in [4.78, 5) is 5.32. The first-order chi connectivity index (χ1) is 12.0. The molecule has 2 aliphatic heterocycles. The molecule has 0 N–H and O–H groups in total. The highest BCUT2D eigenvalue weighted by molar-refractivity contribution is 5.15. The van der Waals surface area contributed by atoms with Gasteiger partial charge in [0.1, 0.15) is 0 Å². The summed E-state index contributed by atoms with van der Waals surface area (Å²) in [6.45, 7) is 18.9. The van der Waals surface area contributed by atoms with E-state index in [1.807, 2.05) is 10.8 Å². The van der Waals surface area contributed by atoms with Crippen molar-refractivity contribution in [1.29, 1.82) is 0 Å². The number of allylic oxidation sites excluding steroid dienone is 1. The van der Waals surface area contributed by atoms with Gasteiger partial charge in [-0.05, 0) is 63.6 Å². The zero-order chi connectivity index (χ0) is 17.8. The molecule has 0 spiro atoms. The van der Waals surface area contributed by atoms with Gasteiger partial charge in [0.25, 0.3) is 0 Å². The van der Waals surface area contributed by atoms with Gasteiger partial charge in [-0.2, -0.15) is 5.10 Å². The standard InChI is InChI=1S/C21H36N4/c1-5-9-25-16-21(18(4)22-25)15-24-12-8-20(14-24)19-6-10-23(11-7-19)13-17(2)3/h5,16-17,19-20H,1,6-15H2,2-4H3. The van der Waals surface area contributed by atoms with Crippen LogP contribution in [0.5, 0.6) is 0 Å². The van der Waals surface area contributed by atoms with Crippen molar-refractivity contribution in [2.24, 2.45) is 17.8 Å². The molecule has 0 aliphatic carbocycles. The largest absolute Gasteiger partial charge is 0.303 e. The molecule has 2 fully saturated rings. The molecule has 0 radical (unpaired) electrons. The molecular formula is C21H36N4. The maximum Gasteiger partial charge on any atom is 0.0638 e. The van der Waals surface area contributed by atoms with Crippen LogP contribution in [0, 0.1) is 24.7 Å². The molecule has 0 aromatic carbocycles. The fourth-order valence-corrected chi connectivity index (χ4v) is 4.70. The molecule has 1 atom stereocenters. The fraction of sp³-hybridized carbons (Fsp3) is 0.762. The monoisotopic (exact) mass is 344 g/mol. The Hall–Kier alpha value is -1.13. The normalized spacial score (nSPS) is 23.6. The van der Waals surface area contributed by atoms with Crippen molar-refractivity contribution in [3.05, 3.63) is 30.1 Å². The quantitative estimate of drug-likeness (QED) is 0.707. The van der Waals surface area contributed by atoms with Crippen molar-refractivity contribution in [3.8, 4) is 0 Å². The highest BCUT2D eigenvalue weighted by Crippen LogP contribution is 2.32. The van der Waals surface area contributed by atoms with Gasteiger partial charge < -0.3 is 4.90 Å². The van der Waals surface area contributed by atoms with Gasteiger partial charge >= 0.3 is 0 Å². The summed E-state index contributed by atoms with van der Waals surface area (Å²) in [7, 11) is 0. The van der Waals surface area contributed by atoms with Crippen LogP contribution in [0.1, 0.15) is 44.4 Å². The van der Waals surface area contributed by atoms with Crippen LogP contribution in [0.2, 0.25) is 0 Å². The third-order valence-electron chi connectivity index (χ3n) is 5.99. The lowest BCUT2D eigenvalue weighted by Gasteiger charge is -2.35. The van der Waals surface area contributed by atoms with E-state index >= 15 is 0 Å². The topological polar surface area (TPSA) is 24.3 Å². The summed E-state index contributed by atoms with van der Waals surface area (Å²) in [5.74, 6) is 2.64. The first-order valence-electron chi connectivity index (χ1n) is 10.1. The third-order valence-corrected chi connectivity index (χ3v) is 5.99. The minimum Gasteiger partial charge on any atom is -0.303 e. The zero-order valence-electron chi connectivity index (χ0n) is 16.5. The molecule has 1 aromatic heterocycles. The molecule has 140 valence electrons. The molecule has 1 aromatic rings. The Balaban J connectivity index is 1.47. The number of nitrogens with zero attached hydrogens (tertiary/aromatic N) is 4. The predicted octanol–water partition coefficient (Wildman–Crippen LogP) is 3.57. The first-order valence-corrected chi connectivity index (χ1v) is 10.1. The number of likely N-dealkylation sites (tertiary alicyclic amines) is 2. The molecule has 0 amide bonds. The molecule has 4 nitrogen and oxygen atoms in total. The molecule has 25 heavy (non-hydrogen) atoms. The lowest BCUT2D eigenvalue weighted by Crippen LogP contribution is -2.38. The maximum absolute atomic E-state index is 4.60. The highest BCUT2D eigenvalue weighted by Gasteiger charge is 2.32. The molecule has 3 rings (SSSR count). The molecule has 2 saturated heterocycles. The van der Waals surface area contributed by atoms with Crippen molar-refractivity contribution in [2.45, 2.75) is 53.1 Å². The molecular weight excluding hydrogens is 308 g/mol. The van der Waals surface area contributed by atoms with Gasteiger partial charge in [0.2, 0.25) is 0 Å². The Morgan fingerprint density at radius 3 is 2.52 bits per heavy atom. The number of aryl methyl sites for hydroxylation is 1. The lowest BCUT2D eigenvalue weighted by molar-refractivity contribution is 0.135. The summed E-state index contributed by atoms with van der Waals surface area (Å²) in [5.41, 5.74) is 2.56.